The number of anilines is 1. The van der Waals surface area contributed by atoms with Gasteiger partial charge in [-0.25, -0.2) is 5.10 Å². The first-order chi connectivity index (χ1) is 12.3. The number of hydrogen-bond donors (Lipinski definition) is 2. The molecule has 0 aliphatic heterocycles. The molecule has 2 N–H and O–H groups in total. The summed E-state index contributed by atoms with van der Waals surface area (Å²) in [5.74, 6) is -2.51. The Morgan fingerprint density at radius 1 is 1.27 bits per heavy atom. The molecule has 2 heterocycles. The number of aryl methyl sites for hydroxylation is 2. The van der Waals surface area contributed by atoms with Crippen molar-refractivity contribution in [2.45, 2.75) is 45.1 Å². The number of benzene rings is 1. The highest BCUT2D eigenvalue weighted by Crippen LogP contribution is 2.27. The Balaban J connectivity index is 1.66. The molecule has 1 atom stereocenters. The highest BCUT2D eigenvalue weighted by atomic mass is 79.9. The van der Waals surface area contributed by atoms with Crippen molar-refractivity contribution in [2.75, 3.05) is 5.32 Å². The van der Waals surface area contributed by atoms with Gasteiger partial charge in [0.25, 0.3) is 5.82 Å². The number of nitrogens with zero attached hydrogens (tertiary/aromatic N) is 3. The number of alkyl halides is 2. The van der Waals surface area contributed by atoms with Crippen LogP contribution in [0.25, 0.3) is 5.78 Å². The van der Waals surface area contributed by atoms with Crippen molar-refractivity contribution in [3.63, 3.8) is 0 Å². The fourth-order valence-corrected chi connectivity index (χ4v) is 3.80. The monoisotopic (exact) mass is 422 g/mol. The number of aromatic nitrogens is 4. The van der Waals surface area contributed by atoms with Crippen LogP contribution < -0.4 is 9.83 Å². The molecule has 1 aliphatic rings. The second-order valence-electron chi connectivity index (χ2n) is 6.88. The first kappa shape index (κ1) is 17.3. The fourth-order valence-electron chi connectivity index (χ4n) is 3.39. The van der Waals surface area contributed by atoms with Gasteiger partial charge < -0.3 is 5.32 Å². The minimum Gasteiger partial charge on any atom is -0.317 e. The highest BCUT2D eigenvalue weighted by Gasteiger charge is 2.34. The van der Waals surface area contributed by atoms with Crippen LogP contribution in [-0.2, 0) is 18.8 Å². The van der Waals surface area contributed by atoms with Crippen LogP contribution >= 0.6 is 15.9 Å². The van der Waals surface area contributed by atoms with E-state index < -0.39 is 11.7 Å². The third-order valence-corrected chi connectivity index (χ3v) is 5.15. The van der Waals surface area contributed by atoms with Crippen LogP contribution in [0.1, 0.15) is 36.0 Å². The zero-order valence-corrected chi connectivity index (χ0v) is 16.1. The van der Waals surface area contributed by atoms with E-state index in [1.54, 1.807) is 0 Å². The number of nitrogens with one attached hydrogen (secondary N) is 2. The van der Waals surface area contributed by atoms with Crippen LogP contribution in [-0.4, -0.2) is 21.1 Å². The summed E-state index contributed by atoms with van der Waals surface area (Å²) in [5.41, 5.74) is 3.40. The van der Waals surface area contributed by atoms with Crippen LogP contribution in [0.2, 0.25) is 0 Å². The van der Waals surface area contributed by atoms with Crippen molar-refractivity contribution in [1.82, 2.24) is 15.1 Å². The summed E-state index contributed by atoms with van der Waals surface area (Å²) in [7, 11) is 0. The molecular formula is C18H19BrF2N5+. The van der Waals surface area contributed by atoms with Crippen LogP contribution in [0, 0.1) is 6.92 Å². The summed E-state index contributed by atoms with van der Waals surface area (Å²) in [6.07, 6.45) is 2.84. The molecule has 3 aromatic rings. The average molecular weight is 423 g/mol. The fraction of sp³-hybridized carbons (Fsp3) is 0.389. The maximum Gasteiger partial charge on any atom is 0.409 e. The summed E-state index contributed by atoms with van der Waals surface area (Å²) in [4.78, 5) is 8.20. The number of hydrogen-bond acceptors (Lipinski definition) is 3. The van der Waals surface area contributed by atoms with Crippen molar-refractivity contribution in [3.8, 4) is 0 Å². The third-order valence-electron chi connectivity index (χ3n) is 4.66. The smallest absolute Gasteiger partial charge is 0.317 e. The van der Waals surface area contributed by atoms with Gasteiger partial charge in [-0.05, 0) is 43.0 Å². The van der Waals surface area contributed by atoms with Gasteiger partial charge in [-0.3, -0.25) is 0 Å². The number of aromatic amines is 1. The maximum atomic E-state index is 13.6. The molecule has 136 valence electrons. The summed E-state index contributed by atoms with van der Waals surface area (Å²) in [5, 5.41) is 6.15. The lowest BCUT2D eigenvalue weighted by molar-refractivity contribution is -0.566. The summed E-state index contributed by atoms with van der Waals surface area (Å²) < 4.78 is 29.8. The van der Waals surface area contributed by atoms with Gasteiger partial charge in [-0.2, -0.15) is 8.78 Å². The van der Waals surface area contributed by atoms with Crippen molar-refractivity contribution in [2.24, 2.45) is 0 Å². The van der Waals surface area contributed by atoms with Gasteiger partial charge in [0.05, 0.1) is 6.04 Å². The molecule has 2 aromatic heterocycles. The predicted molar refractivity (Wildman–Crippen MR) is 97.4 cm³/mol. The highest BCUT2D eigenvalue weighted by molar-refractivity contribution is 9.10. The number of halogens is 3. The van der Waals surface area contributed by atoms with E-state index >= 15 is 0 Å². The Hall–Kier alpha value is -2.09. The van der Waals surface area contributed by atoms with E-state index in [1.807, 2.05) is 13.0 Å². The second kappa shape index (κ2) is 6.26. The number of fused-ring (bicyclic) bond motifs is 2. The predicted octanol–water partition coefficient (Wildman–Crippen LogP) is 3.70. The van der Waals surface area contributed by atoms with Gasteiger partial charge >= 0.3 is 11.7 Å². The first-order valence-corrected chi connectivity index (χ1v) is 9.30. The Bertz CT molecular complexity index is 980. The van der Waals surface area contributed by atoms with Crippen LogP contribution in [0.15, 0.2) is 28.7 Å². The zero-order chi connectivity index (χ0) is 18.5. The molecule has 4 rings (SSSR count). The van der Waals surface area contributed by atoms with Crippen molar-refractivity contribution < 1.29 is 13.3 Å². The molecule has 0 saturated heterocycles. The van der Waals surface area contributed by atoms with E-state index in [2.05, 4.69) is 54.5 Å². The molecule has 0 unspecified atom stereocenters. The Morgan fingerprint density at radius 3 is 2.85 bits per heavy atom. The maximum absolute atomic E-state index is 13.6. The Labute approximate surface area is 158 Å². The van der Waals surface area contributed by atoms with Gasteiger partial charge in [0, 0.05) is 23.9 Å². The summed E-state index contributed by atoms with van der Waals surface area (Å²) in [6.45, 7) is 2.65. The lowest BCUT2D eigenvalue weighted by Gasteiger charge is -2.24. The standard InChI is InChI=1S/C18H18BrF2N5/c1-10-7-15(26-17(22-10)24-16(25-26)18(2,20)21)23-14-6-4-11-3-5-13(19)8-12(11)9-14/h3,5,7-8,14H,4,6,9H2,1-2H3,(H,22,23,24,25)/p+1/t14-/m0/s1. The van der Waals surface area contributed by atoms with Crippen molar-refractivity contribution in [1.29, 1.82) is 0 Å². The lowest BCUT2D eigenvalue weighted by atomic mass is 9.88. The summed E-state index contributed by atoms with van der Waals surface area (Å²) in [6, 6.07) is 8.43. The van der Waals surface area contributed by atoms with E-state index in [0.29, 0.717) is 5.82 Å². The molecule has 5 nitrogen and oxygen atoms in total. The molecule has 0 saturated carbocycles. The van der Waals surface area contributed by atoms with E-state index in [0.717, 1.165) is 36.4 Å². The summed E-state index contributed by atoms with van der Waals surface area (Å²) >= 11 is 3.52. The van der Waals surface area contributed by atoms with Crippen molar-refractivity contribution >= 4 is 27.5 Å². The molecule has 0 radical (unpaired) electrons. The van der Waals surface area contributed by atoms with Crippen LogP contribution in [0.3, 0.4) is 0 Å². The first-order valence-electron chi connectivity index (χ1n) is 8.51. The minimum atomic E-state index is -3.05. The number of H-pyrrole nitrogens is 1. The van der Waals surface area contributed by atoms with Gasteiger partial charge in [0.1, 0.15) is 5.69 Å². The molecule has 1 aliphatic carbocycles. The molecule has 26 heavy (non-hydrogen) atoms. The molecule has 0 amide bonds. The normalized spacial score (nSPS) is 17.3. The molecule has 1 aromatic carbocycles. The molecular weight excluding hydrogens is 404 g/mol. The number of rotatable bonds is 3. The minimum absolute atomic E-state index is 0.211. The van der Waals surface area contributed by atoms with Crippen LogP contribution in [0.5, 0.6) is 0 Å². The lowest BCUT2D eigenvalue weighted by Crippen LogP contribution is -2.36. The van der Waals surface area contributed by atoms with E-state index in [-0.39, 0.29) is 11.8 Å². The van der Waals surface area contributed by atoms with Gasteiger partial charge in [-0.1, -0.05) is 27.0 Å². The topological polar surface area (TPSA) is 57.7 Å². The second-order valence-corrected chi connectivity index (χ2v) is 7.79. The average Bonchev–Trinajstić information content (AvgIpc) is 2.99. The molecule has 0 fully saturated rings. The van der Waals surface area contributed by atoms with Gasteiger partial charge in [0.2, 0.25) is 5.82 Å². The SMILES string of the molecule is Cc1cc(N[C@H]2CCc3ccc(Br)cc3C2)[n+]2[nH]c(C(C)(F)F)nc2n1. The van der Waals surface area contributed by atoms with E-state index in [9.17, 15) is 8.78 Å². The Kier molecular flexibility index (Phi) is 4.17. The van der Waals surface area contributed by atoms with Gasteiger partial charge in [0.15, 0.2) is 0 Å². The van der Waals surface area contributed by atoms with Crippen LogP contribution in [0.4, 0.5) is 14.6 Å². The Morgan fingerprint density at radius 2 is 2.08 bits per heavy atom. The largest absolute Gasteiger partial charge is 0.409 e. The zero-order valence-electron chi connectivity index (χ0n) is 14.5. The molecule has 0 bridgehead atoms. The molecule has 8 heteroatoms. The van der Waals surface area contributed by atoms with E-state index in [4.69, 9.17) is 0 Å². The van der Waals surface area contributed by atoms with Gasteiger partial charge in [-0.15, -0.1) is 9.50 Å². The van der Waals surface area contributed by atoms with Crippen molar-refractivity contribution in [3.05, 3.63) is 51.4 Å². The van der Waals surface area contributed by atoms with E-state index in [1.165, 1.54) is 15.6 Å². The quantitative estimate of drug-likeness (QED) is 0.632. The third kappa shape index (κ3) is 3.30. The molecule has 0 spiro atoms.